The van der Waals surface area contributed by atoms with Gasteiger partial charge in [-0.3, -0.25) is 4.79 Å². The minimum atomic E-state index is -0.288. The second kappa shape index (κ2) is 7.15. The maximum absolute atomic E-state index is 12.5. The Morgan fingerprint density at radius 2 is 1.96 bits per heavy atom. The van der Waals surface area contributed by atoms with Crippen molar-refractivity contribution >= 4 is 18.3 Å². The summed E-state index contributed by atoms with van der Waals surface area (Å²) in [5, 5.41) is 3.07. The Morgan fingerprint density at radius 3 is 2.57 bits per heavy atom. The van der Waals surface area contributed by atoms with Crippen LogP contribution in [0.25, 0.3) is 11.5 Å². The molecular formula is C17H22ClN3O2. The van der Waals surface area contributed by atoms with Crippen LogP contribution in [-0.2, 0) is 0 Å². The van der Waals surface area contributed by atoms with E-state index < -0.39 is 0 Å². The molecule has 0 spiro atoms. The summed E-state index contributed by atoms with van der Waals surface area (Å²) in [5.74, 6) is 0.523. The third-order valence-electron chi connectivity index (χ3n) is 4.35. The minimum Gasteiger partial charge on any atom is -0.431 e. The number of hydrogen-bond donors (Lipinski definition) is 2. The molecule has 1 heterocycles. The summed E-state index contributed by atoms with van der Waals surface area (Å²) < 4.78 is 5.70. The first kappa shape index (κ1) is 17.5. The summed E-state index contributed by atoms with van der Waals surface area (Å²) >= 11 is 0. The molecular weight excluding hydrogens is 314 g/mol. The van der Waals surface area contributed by atoms with Gasteiger partial charge in [-0.05, 0) is 31.9 Å². The average molecular weight is 336 g/mol. The molecule has 1 amide bonds. The maximum Gasteiger partial charge on any atom is 0.289 e. The van der Waals surface area contributed by atoms with E-state index in [-0.39, 0.29) is 29.6 Å². The molecule has 0 atom stereocenters. The smallest absolute Gasteiger partial charge is 0.289 e. The van der Waals surface area contributed by atoms with Crippen molar-refractivity contribution in [2.75, 3.05) is 6.54 Å². The van der Waals surface area contributed by atoms with Crippen molar-refractivity contribution in [3.8, 4) is 11.5 Å². The number of carbonyl (C=O) groups is 1. The number of aromatic nitrogens is 1. The first-order valence-corrected chi connectivity index (χ1v) is 7.69. The Hall–Kier alpha value is -1.85. The molecule has 23 heavy (non-hydrogen) atoms. The van der Waals surface area contributed by atoms with Crippen LogP contribution >= 0.6 is 12.4 Å². The predicted molar refractivity (Wildman–Crippen MR) is 91.6 cm³/mol. The van der Waals surface area contributed by atoms with Crippen molar-refractivity contribution in [3.05, 3.63) is 41.8 Å². The zero-order valence-corrected chi connectivity index (χ0v) is 14.0. The molecule has 5 nitrogen and oxygen atoms in total. The van der Waals surface area contributed by atoms with Gasteiger partial charge in [-0.25, -0.2) is 4.98 Å². The van der Waals surface area contributed by atoms with Gasteiger partial charge in [0.25, 0.3) is 5.91 Å². The van der Waals surface area contributed by atoms with Crippen LogP contribution in [0.1, 0.15) is 41.9 Å². The SMILES string of the molecule is Cc1nc(-c2ccccc2)oc1C(=O)NC1(CN)CCCC1.Cl. The zero-order valence-electron chi connectivity index (χ0n) is 13.2. The van der Waals surface area contributed by atoms with Gasteiger partial charge in [0.1, 0.15) is 0 Å². The van der Waals surface area contributed by atoms with Crippen molar-refractivity contribution in [3.63, 3.8) is 0 Å². The van der Waals surface area contributed by atoms with E-state index in [1.54, 1.807) is 6.92 Å². The predicted octanol–water partition coefficient (Wildman–Crippen LogP) is 3.07. The van der Waals surface area contributed by atoms with Crippen LogP contribution < -0.4 is 11.1 Å². The summed E-state index contributed by atoms with van der Waals surface area (Å²) in [4.78, 5) is 16.9. The molecule has 3 N–H and O–H groups in total. The molecule has 1 saturated carbocycles. The number of aryl methyl sites for hydroxylation is 1. The first-order chi connectivity index (χ1) is 10.6. The van der Waals surface area contributed by atoms with E-state index in [9.17, 15) is 4.79 Å². The molecule has 3 rings (SSSR count). The quantitative estimate of drug-likeness (QED) is 0.899. The number of oxazole rings is 1. The first-order valence-electron chi connectivity index (χ1n) is 7.69. The molecule has 1 fully saturated rings. The van der Waals surface area contributed by atoms with Gasteiger partial charge in [-0.1, -0.05) is 31.0 Å². The normalized spacial score (nSPS) is 15.9. The summed E-state index contributed by atoms with van der Waals surface area (Å²) in [5.41, 5.74) is 7.04. The lowest BCUT2D eigenvalue weighted by atomic mass is 9.97. The van der Waals surface area contributed by atoms with E-state index in [1.165, 1.54) is 0 Å². The van der Waals surface area contributed by atoms with Crippen LogP contribution in [0.5, 0.6) is 0 Å². The third-order valence-corrected chi connectivity index (χ3v) is 4.35. The number of halogens is 1. The highest BCUT2D eigenvalue weighted by molar-refractivity contribution is 5.93. The number of benzene rings is 1. The highest BCUT2D eigenvalue weighted by Gasteiger charge is 2.35. The average Bonchev–Trinajstić information content (AvgIpc) is 3.15. The Bertz CT molecular complexity index is 664. The van der Waals surface area contributed by atoms with Crippen molar-refractivity contribution in [2.45, 2.75) is 38.1 Å². The van der Waals surface area contributed by atoms with Crippen molar-refractivity contribution in [1.29, 1.82) is 0 Å². The standard InChI is InChI=1S/C17H21N3O2.ClH/c1-12-14(15(21)20-17(11-18)9-5-6-10-17)22-16(19-12)13-7-3-2-4-8-13;/h2-4,7-8H,5-6,9-11,18H2,1H3,(H,20,21);1H. The minimum absolute atomic E-state index is 0. The number of carbonyl (C=O) groups excluding carboxylic acids is 1. The maximum atomic E-state index is 12.5. The Balaban J connectivity index is 0.00000192. The van der Waals surface area contributed by atoms with Crippen LogP contribution in [0.2, 0.25) is 0 Å². The molecule has 1 aliphatic rings. The molecule has 1 aliphatic carbocycles. The van der Waals surface area contributed by atoms with Crippen LogP contribution in [0.3, 0.4) is 0 Å². The molecule has 1 aromatic carbocycles. The summed E-state index contributed by atoms with van der Waals surface area (Å²) in [6.07, 6.45) is 4.05. The van der Waals surface area contributed by atoms with Gasteiger partial charge in [0.15, 0.2) is 0 Å². The van der Waals surface area contributed by atoms with Crippen LogP contribution in [0.15, 0.2) is 34.7 Å². The van der Waals surface area contributed by atoms with E-state index in [4.69, 9.17) is 10.2 Å². The highest BCUT2D eigenvalue weighted by atomic mass is 35.5. The second-order valence-corrected chi connectivity index (χ2v) is 5.95. The highest BCUT2D eigenvalue weighted by Crippen LogP contribution is 2.29. The fourth-order valence-corrected chi connectivity index (χ4v) is 3.04. The lowest BCUT2D eigenvalue weighted by Gasteiger charge is -2.28. The third kappa shape index (κ3) is 3.57. The van der Waals surface area contributed by atoms with Gasteiger partial charge in [0, 0.05) is 12.1 Å². The summed E-state index contributed by atoms with van der Waals surface area (Å²) in [6, 6.07) is 9.57. The van der Waals surface area contributed by atoms with E-state index in [0.29, 0.717) is 18.1 Å². The molecule has 0 aliphatic heterocycles. The van der Waals surface area contributed by atoms with Crippen molar-refractivity contribution < 1.29 is 9.21 Å². The number of rotatable bonds is 4. The molecule has 1 aromatic heterocycles. The molecule has 0 unspecified atom stereocenters. The fraction of sp³-hybridized carbons (Fsp3) is 0.412. The summed E-state index contributed by atoms with van der Waals surface area (Å²) in [6.45, 7) is 2.24. The van der Waals surface area contributed by atoms with E-state index >= 15 is 0 Å². The van der Waals surface area contributed by atoms with Crippen molar-refractivity contribution in [1.82, 2.24) is 10.3 Å². The van der Waals surface area contributed by atoms with Crippen LogP contribution in [-0.4, -0.2) is 23.0 Å². The number of nitrogens with one attached hydrogen (secondary N) is 1. The zero-order chi connectivity index (χ0) is 15.6. The molecule has 0 bridgehead atoms. The number of hydrogen-bond acceptors (Lipinski definition) is 4. The van der Waals surface area contributed by atoms with Crippen molar-refractivity contribution in [2.24, 2.45) is 5.73 Å². The largest absolute Gasteiger partial charge is 0.431 e. The second-order valence-electron chi connectivity index (χ2n) is 5.95. The molecule has 0 radical (unpaired) electrons. The van der Waals surface area contributed by atoms with Crippen LogP contribution in [0, 0.1) is 6.92 Å². The Morgan fingerprint density at radius 1 is 1.30 bits per heavy atom. The van der Waals surface area contributed by atoms with E-state index in [2.05, 4.69) is 10.3 Å². The molecule has 6 heteroatoms. The summed E-state index contributed by atoms with van der Waals surface area (Å²) in [7, 11) is 0. The fourth-order valence-electron chi connectivity index (χ4n) is 3.04. The van der Waals surface area contributed by atoms with Gasteiger partial charge in [-0.2, -0.15) is 0 Å². The molecule has 2 aromatic rings. The van der Waals surface area contributed by atoms with Gasteiger partial charge >= 0.3 is 0 Å². The van der Waals surface area contributed by atoms with E-state index in [0.717, 1.165) is 31.2 Å². The Labute approximate surface area is 142 Å². The number of amides is 1. The van der Waals surface area contributed by atoms with Gasteiger partial charge in [-0.15, -0.1) is 12.4 Å². The van der Waals surface area contributed by atoms with E-state index in [1.807, 2.05) is 30.3 Å². The molecule has 0 saturated heterocycles. The molecule has 124 valence electrons. The number of nitrogens with two attached hydrogens (primary N) is 1. The lowest BCUT2D eigenvalue weighted by Crippen LogP contribution is -2.51. The Kier molecular flexibility index (Phi) is 5.44. The van der Waals surface area contributed by atoms with Gasteiger partial charge < -0.3 is 15.5 Å². The number of nitrogens with zero attached hydrogens (tertiary/aromatic N) is 1. The topological polar surface area (TPSA) is 81.2 Å². The lowest BCUT2D eigenvalue weighted by molar-refractivity contribution is 0.0874. The van der Waals surface area contributed by atoms with Gasteiger partial charge in [0.2, 0.25) is 11.7 Å². The van der Waals surface area contributed by atoms with Gasteiger partial charge in [0.05, 0.1) is 11.2 Å². The monoisotopic (exact) mass is 335 g/mol. The van der Waals surface area contributed by atoms with Crippen LogP contribution in [0.4, 0.5) is 0 Å².